The molecule has 2 aliphatic carbocycles. The molecule has 2 atom stereocenters. The van der Waals surface area contributed by atoms with Crippen molar-refractivity contribution in [2.75, 3.05) is 18.9 Å². The number of nitrogens with zero attached hydrogens (tertiary/aromatic N) is 2. The molecule has 1 saturated heterocycles. The topological polar surface area (TPSA) is 95.9 Å². The number of amidine groups is 1. The molecule has 3 fully saturated rings. The number of carbonyl (C=O) groups is 2. The van der Waals surface area contributed by atoms with E-state index in [1.807, 2.05) is 11.9 Å². The number of anilines is 1. The number of carbonyl (C=O) groups excluding carboxylic acids is 2. The summed E-state index contributed by atoms with van der Waals surface area (Å²) in [5.74, 6) is 0.731. The van der Waals surface area contributed by atoms with E-state index in [2.05, 4.69) is 9.71 Å². The number of ketones is 1. The molecule has 1 aromatic carbocycles. The van der Waals surface area contributed by atoms with Crippen LogP contribution < -0.4 is 5.32 Å². The number of sulfonamides is 1. The maximum Gasteiger partial charge on any atom is 0.283 e. The van der Waals surface area contributed by atoms with E-state index >= 15 is 0 Å². The molecule has 1 amide bonds. The Morgan fingerprint density at radius 1 is 1.10 bits per heavy atom. The molecule has 7 nitrogen and oxygen atoms in total. The van der Waals surface area contributed by atoms with Gasteiger partial charge in [-0.3, -0.25) is 9.59 Å². The Morgan fingerprint density at radius 2 is 1.76 bits per heavy atom. The molecule has 2 saturated carbocycles. The Kier molecular flexibility index (Phi) is 5.46. The average Bonchev–Trinajstić information content (AvgIpc) is 3.06. The third-order valence-corrected chi connectivity index (χ3v) is 7.72. The van der Waals surface area contributed by atoms with Gasteiger partial charge in [0.05, 0.1) is 4.90 Å². The van der Waals surface area contributed by atoms with E-state index in [0.29, 0.717) is 36.6 Å². The van der Waals surface area contributed by atoms with Gasteiger partial charge in [-0.2, -0.15) is 8.42 Å². The van der Waals surface area contributed by atoms with Gasteiger partial charge in [0.2, 0.25) is 5.91 Å². The van der Waals surface area contributed by atoms with Gasteiger partial charge in [-0.05, 0) is 56.4 Å². The number of hydrogen-bond acceptors (Lipinski definition) is 4. The van der Waals surface area contributed by atoms with E-state index in [9.17, 15) is 18.0 Å². The highest BCUT2D eigenvalue weighted by Crippen LogP contribution is 2.40. The second-order valence-electron chi connectivity index (χ2n) is 8.42. The van der Waals surface area contributed by atoms with Gasteiger partial charge < -0.3 is 10.2 Å². The SMILES string of the molecule is CN1CCCC1=NS(=O)(=O)c1ccc(NC(=O)C2C[C@@H]3CCC[C@@H](C2)C3=O)cc1. The van der Waals surface area contributed by atoms with Crippen molar-refractivity contribution in [3.63, 3.8) is 0 Å². The molecule has 1 heterocycles. The van der Waals surface area contributed by atoms with Crippen LogP contribution in [0.4, 0.5) is 5.69 Å². The summed E-state index contributed by atoms with van der Waals surface area (Å²) in [6.07, 6.45) is 5.68. The van der Waals surface area contributed by atoms with Crippen molar-refractivity contribution in [3.05, 3.63) is 24.3 Å². The maximum absolute atomic E-state index is 12.7. The first-order valence-corrected chi connectivity index (χ1v) is 11.8. The van der Waals surface area contributed by atoms with Crippen molar-refractivity contribution in [1.29, 1.82) is 0 Å². The number of amides is 1. The van der Waals surface area contributed by atoms with Crippen LogP contribution in [0.5, 0.6) is 0 Å². The van der Waals surface area contributed by atoms with Gasteiger partial charge in [-0.1, -0.05) is 6.42 Å². The molecule has 2 bridgehead atoms. The fraction of sp³-hybridized carbons (Fsp3) is 0.571. The summed E-state index contributed by atoms with van der Waals surface area (Å²) in [6, 6.07) is 6.14. The van der Waals surface area contributed by atoms with Crippen LogP contribution in [0.25, 0.3) is 0 Å². The Morgan fingerprint density at radius 3 is 2.34 bits per heavy atom. The van der Waals surface area contributed by atoms with Crippen LogP contribution in [-0.2, 0) is 19.6 Å². The van der Waals surface area contributed by atoms with Gasteiger partial charge in [-0.15, -0.1) is 4.40 Å². The summed E-state index contributed by atoms with van der Waals surface area (Å²) in [5, 5.41) is 2.89. The minimum atomic E-state index is -3.76. The lowest BCUT2D eigenvalue weighted by Gasteiger charge is -2.36. The molecule has 1 aliphatic heterocycles. The molecule has 4 rings (SSSR count). The molecule has 0 aromatic heterocycles. The molecule has 3 aliphatic rings. The number of likely N-dealkylation sites (tertiary alicyclic amines) is 1. The van der Waals surface area contributed by atoms with E-state index < -0.39 is 10.0 Å². The highest BCUT2D eigenvalue weighted by Gasteiger charge is 2.41. The summed E-state index contributed by atoms with van der Waals surface area (Å²) in [4.78, 5) is 26.9. The quantitative estimate of drug-likeness (QED) is 0.813. The van der Waals surface area contributed by atoms with Crippen LogP contribution in [0.3, 0.4) is 0 Å². The number of benzene rings is 1. The molecular formula is C21H27N3O4S. The van der Waals surface area contributed by atoms with E-state index in [-0.39, 0.29) is 28.6 Å². The zero-order valence-electron chi connectivity index (χ0n) is 16.6. The van der Waals surface area contributed by atoms with Gasteiger partial charge >= 0.3 is 0 Å². The van der Waals surface area contributed by atoms with Gasteiger partial charge in [0.25, 0.3) is 10.0 Å². The van der Waals surface area contributed by atoms with Crippen molar-refractivity contribution < 1.29 is 18.0 Å². The number of nitrogens with one attached hydrogen (secondary N) is 1. The molecule has 156 valence electrons. The molecule has 29 heavy (non-hydrogen) atoms. The van der Waals surface area contributed by atoms with E-state index in [1.54, 1.807) is 12.1 Å². The smallest absolute Gasteiger partial charge is 0.283 e. The minimum Gasteiger partial charge on any atom is -0.362 e. The van der Waals surface area contributed by atoms with Crippen LogP contribution in [0.1, 0.15) is 44.9 Å². The van der Waals surface area contributed by atoms with Crippen LogP contribution in [0.15, 0.2) is 33.6 Å². The maximum atomic E-state index is 12.7. The summed E-state index contributed by atoms with van der Waals surface area (Å²) >= 11 is 0. The number of Topliss-reactive ketones (excluding diaryl/α,β-unsaturated/α-hetero) is 1. The van der Waals surface area contributed by atoms with Crippen LogP contribution in [0.2, 0.25) is 0 Å². The lowest BCUT2D eigenvalue weighted by atomic mass is 9.67. The molecule has 0 spiro atoms. The lowest BCUT2D eigenvalue weighted by molar-refractivity contribution is -0.136. The lowest BCUT2D eigenvalue weighted by Crippen LogP contribution is -2.40. The molecular weight excluding hydrogens is 390 g/mol. The van der Waals surface area contributed by atoms with Gasteiger partial charge in [0.1, 0.15) is 11.6 Å². The van der Waals surface area contributed by atoms with Gasteiger partial charge in [-0.25, -0.2) is 0 Å². The van der Waals surface area contributed by atoms with Gasteiger partial charge in [0.15, 0.2) is 0 Å². The molecule has 1 aromatic rings. The Bertz CT molecular complexity index is 923. The van der Waals surface area contributed by atoms with E-state index in [1.165, 1.54) is 12.1 Å². The van der Waals surface area contributed by atoms with Crippen LogP contribution in [-0.4, -0.2) is 44.4 Å². The van der Waals surface area contributed by atoms with Crippen LogP contribution >= 0.6 is 0 Å². The van der Waals surface area contributed by atoms with Crippen LogP contribution in [0, 0.1) is 17.8 Å². The summed E-state index contributed by atoms with van der Waals surface area (Å²) in [5.41, 5.74) is 0.557. The number of rotatable bonds is 4. The zero-order valence-corrected chi connectivity index (χ0v) is 17.5. The third-order valence-electron chi connectivity index (χ3n) is 6.40. The second-order valence-corrected chi connectivity index (χ2v) is 10.0. The molecule has 1 N–H and O–H groups in total. The van der Waals surface area contributed by atoms with Crippen molar-refractivity contribution in [2.45, 2.75) is 49.8 Å². The second kappa shape index (κ2) is 7.89. The highest BCUT2D eigenvalue weighted by atomic mass is 32.2. The highest BCUT2D eigenvalue weighted by molar-refractivity contribution is 7.90. The van der Waals surface area contributed by atoms with Crippen molar-refractivity contribution in [3.8, 4) is 0 Å². The predicted molar refractivity (Wildman–Crippen MR) is 110 cm³/mol. The number of fused-ring (bicyclic) bond motifs is 2. The predicted octanol–water partition coefficient (Wildman–Crippen LogP) is 2.83. The monoisotopic (exact) mass is 417 g/mol. The summed E-state index contributed by atoms with van der Waals surface area (Å²) in [6.45, 7) is 0.813. The fourth-order valence-electron chi connectivity index (χ4n) is 4.75. The van der Waals surface area contributed by atoms with E-state index in [0.717, 1.165) is 32.2 Å². The van der Waals surface area contributed by atoms with Crippen molar-refractivity contribution >= 4 is 33.2 Å². The standard InChI is InChI=1S/C21H27N3O4S/c1-24-11-3-6-19(24)23-29(27,28)18-9-7-17(8-10-18)22-21(26)16-12-14-4-2-5-15(13-16)20(14)25/h7-10,14-16H,2-6,11-13H2,1H3,(H,22,26)/t14-,15-/m0/s1. The fourth-order valence-corrected chi connectivity index (χ4v) is 5.84. The molecule has 0 unspecified atom stereocenters. The minimum absolute atomic E-state index is 0.0265. The first-order valence-electron chi connectivity index (χ1n) is 10.3. The summed E-state index contributed by atoms with van der Waals surface area (Å²) < 4.78 is 29.0. The average molecular weight is 418 g/mol. The Hall–Kier alpha value is -2.22. The largest absolute Gasteiger partial charge is 0.362 e. The Labute approximate surface area is 171 Å². The summed E-state index contributed by atoms with van der Waals surface area (Å²) in [7, 11) is -1.92. The van der Waals surface area contributed by atoms with E-state index in [4.69, 9.17) is 0 Å². The first kappa shape index (κ1) is 20.1. The third kappa shape index (κ3) is 4.22. The first-order chi connectivity index (χ1) is 13.8. The zero-order chi connectivity index (χ0) is 20.6. The number of hydrogen-bond donors (Lipinski definition) is 1. The normalized spacial score (nSPS) is 28.6. The van der Waals surface area contributed by atoms with Crippen molar-refractivity contribution in [1.82, 2.24) is 4.90 Å². The van der Waals surface area contributed by atoms with Gasteiger partial charge in [0, 0.05) is 43.5 Å². The molecule has 0 radical (unpaired) electrons. The Balaban J connectivity index is 1.42. The van der Waals surface area contributed by atoms with Crippen molar-refractivity contribution in [2.24, 2.45) is 22.2 Å². The molecule has 8 heteroatoms.